The molecular formula is C20H38O11. The summed E-state index contributed by atoms with van der Waals surface area (Å²) >= 11 is 0. The first-order chi connectivity index (χ1) is 15.0. The third-order valence-electron chi connectivity index (χ3n) is 5.88. The van der Waals surface area contributed by atoms with Crippen LogP contribution in [0.25, 0.3) is 0 Å². The second-order valence-electron chi connectivity index (χ2n) is 7.39. The molecule has 184 valence electrons. The fourth-order valence-corrected chi connectivity index (χ4v) is 4.30. The highest BCUT2D eigenvalue weighted by Crippen LogP contribution is 2.36. The van der Waals surface area contributed by atoms with Gasteiger partial charge in [0.15, 0.2) is 6.29 Å². The van der Waals surface area contributed by atoms with E-state index in [9.17, 15) is 0 Å². The monoisotopic (exact) mass is 454 g/mol. The van der Waals surface area contributed by atoms with Gasteiger partial charge in [-0.05, 0) is 0 Å². The zero-order chi connectivity index (χ0) is 23.0. The van der Waals surface area contributed by atoms with Crippen LogP contribution in [0.2, 0.25) is 0 Å². The molecule has 2 aliphatic heterocycles. The summed E-state index contributed by atoms with van der Waals surface area (Å²) in [6.45, 7) is 0.618. The molecule has 0 N–H and O–H groups in total. The molecule has 0 aromatic carbocycles. The normalized spacial score (nSPS) is 41.4. The van der Waals surface area contributed by atoms with Crippen molar-refractivity contribution in [2.24, 2.45) is 0 Å². The largest absolute Gasteiger partial charge is 0.382 e. The van der Waals surface area contributed by atoms with Crippen LogP contribution in [-0.4, -0.2) is 132 Å². The van der Waals surface area contributed by atoms with Gasteiger partial charge in [0.25, 0.3) is 0 Å². The van der Waals surface area contributed by atoms with Crippen molar-refractivity contribution >= 4 is 0 Å². The van der Waals surface area contributed by atoms with Crippen LogP contribution in [0, 0.1) is 0 Å². The molecule has 2 aliphatic rings. The Morgan fingerprint density at radius 1 is 0.742 bits per heavy atom. The fraction of sp³-hybridized carbons (Fsp3) is 1.00. The van der Waals surface area contributed by atoms with Crippen molar-refractivity contribution in [1.82, 2.24) is 0 Å². The lowest BCUT2D eigenvalue weighted by molar-refractivity contribution is -0.397. The van der Waals surface area contributed by atoms with E-state index in [1.807, 2.05) is 0 Å². The van der Waals surface area contributed by atoms with Crippen LogP contribution in [0.4, 0.5) is 0 Å². The maximum atomic E-state index is 6.46. The molecule has 0 saturated carbocycles. The van der Waals surface area contributed by atoms with Gasteiger partial charge in [-0.1, -0.05) is 0 Å². The molecule has 0 aliphatic carbocycles. The Balaban J connectivity index is 2.39. The van der Waals surface area contributed by atoms with Gasteiger partial charge in [0, 0.05) is 56.9 Å². The van der Waals surface area contributed by atoms with Crippen molar-refractivity contribution < 1.29 is 52.1 Å². The molecular weight excluding hydrogens is 416 g/mol. The summed E-state index contributed by atoms with van der Waals surface area (Å²) in [5.74, 6) is -1.25. The SMILES string of the molecule is COCC1OC(OC2C(OC)C(OC)COC2(COC)OC)C(OC)C(OC)C1OC. The standard InChI is InChI=1S/C20H38O11/c1-21-9-13-14(24-4)16(26-6)17(27-7)19(30-13)31-18-15(25-5)12(23-3)10-29-20(18,28-8)11-22-2/h12-19H,9-11H2,1-8H3. The molecule has 0 amide bonds. The molecule has 0 aromatic heterocycles. The summed E-state index contributed by atoms with van der Waals surface area (Å²) in [6, 6.07) is 0. The molecule has 31 heavy (non-hydrogen) atoms. The summed E-state index contributed by atoms with van der Waals surface area (Å²) in [4.78, 5) is 0. The maximum absolute atomic E-state index is 6.46. The summed E-state index contributed by atoms with van der Waals surface area (Å²) in [6.07, 6.45) is -4.53. The van der Waals surface area contributed by atoms with E-state index in [0.29, 0.717) is 0 Å². The summed E-state index contributed by atoms with van der Waals surface area (Å²) < 4.78 is 63.5. The molecule has 2 heterocycles. The minimum Gasteiger partial charge on any atom is -0.382 e. The predicted octanol–water partition coefficient (Wildman–Crippen LogP) is -0.163. The number of hydrogen-bond acceptors (Lipinski definition) is 11. The van der Waals surface area contributed by atoms with Crippen molar-refractivity contribution in [2.75, 3.05) is 76.7 Å². The fourth-order valence-electron chi connectivity index (χ4n) is 4.30. The van der Waals surface area contributed by atoms with Crippen molar-refractivity contribution in [3.8, 4) is 0 Å². The Morgan fingerprint density at radius 3 is 1.87 bits per heavy atom. The first-order valence-corrected chi connectivity index (χ1v) is 10.1. The lowest BCUT2D eigenvalue weighted by atomic mass is 9.95. The summed E-state index contributed by atoms with van der Waals surface area (Å²) in [7, 11) is 12.6. The van der Waals surface area contributed by atoms with Gasteiger partial charge in [-0.15, -0.1) is 0 Å². The second kappa shape index (κ2) is 12.7. The Bertz CT molecular complexity index is 510. The van der Waals surface area contributed by atoms with E-state index in [1.54, 1.807) is 49.8 Å². The van der Waals surface area contributed by atoms with Crippen LogP contribution in [-0.2, 0) is 52.1 Å². The Hall–Kier alpha value is -0.440. The molecule has 0 radical (unpaired) electrons. The zero-order valence-corrected chi connectivity index (χ0v) is 19.7. The first-order valence-electron chi connectivity index (χ1n) is 10.1. The highest BCUT2D eigenvalue weighted by molar-refractivity contribution is 4.98. The minimum atomic E-state index is -1.25. The van der Waals surface area contributed by atoms with E-state index >= 15 is 0 Å². The Morgan fingerprint density at radius 2 is 1.39 bits per heavy atom. The van der Waals surface area contributed by atoms with E-state index in [1.165, 1.54) is 7.11 Å². The maximum Gasteiger partial charge on any atom is 0.221 e. The van der Waals surface area contributed by atoms with Gasteiger partial charge in [0.05, 0.1) is 13.2 Å². The van der Waals surface area contributed by atoms with Crippen LogP contribution in [0.3, 0.4) is 0 Å². The number of rotatable bonds is 12. The molecule has 9 unspecified atom stereocenters. The minimum absolute atomic E-state index is 0.102. The van der Waals surface area contributed by atoms with Gasteiger partial charge in [-0.2, -0.15) is 0 Å². The van der Waals surface area contributed by atoms with Crippen LogP contribution in [0.5, 0.6) is 0 Å². The lowest BCUT2D eigenvalue weighted by Crippen LogP contribution is -2.68. The smallest absolute Gasteiger partial charge is 0.221 e. The predicted molar refractivity (Wildman–Crippen MR) is 107 cm³/mol. The topological polar surface area (TPSA) is 102 Å². The van der Waals surface area contributed by atoms with Crippen molar-refractivity contribution in [3.63, 3.8) is 0 Å². The number of ether oxygens (including phenoxy) is 11. The highest BCUT2D eigenvalue weighted by atomic mass is 16.8. The van der Waals surface area contributed by atoms with Crippen molar-refractivity contribution in [2.45, 2.75) is 54.8 Å². The van der Waals surface area contributed by atoms with Gasteiger partial charge in [-0.3, -0.25) is 0 Å². The van der Waals surface area contributed by atoms with Crippen LogP contribution in [0.1, 0.15) is 0 Å². The average molecular weight is 455 g/mol. The lowest BCUT2D eigenvalue weighted by Gasteiger charge is -2.51. The van der Waals surface area contributed by atoms with E-state index in [0.717, 1.165) is 0 Å². The molecule has 0 bridgehead atoms. The van der Waals surface area contributed by atoms with Gasteiger partial charge in [0.1, 0.15) is 49.3 Å². The third-order valence-corrected chi connectivity index (χ3v) is 5.88. The number of hydrogen-bond donors (Lipinski definition) is 0. The van der Waals surface area contributed by atoms with Crippen molar-refractivity contribution in [1.29, 1.82) is 0 Å². The highest BCUT2D eigenvalue weighted by Gasteiger charge is 2.57. The van der Waals surface area contributed by atoms with E-state index in [4.69, 9.17) is 52.1 Å². The molecule has 0 aromatic rings. The zero-order valence-electron chi connectivity index (χ0n) is 19.7. The summed E-state index contributed by atoms with van der Waals surface area (Å²) in [5, 5.41) is 0. The van der Waals surface area contributed by atoms with Gasteiger partial charge < -0.3 is 52.1 Å². The number of methoxy groups -OCH3 is 8. The summed E-state index contributed by atoms with van der Waals surface area (Å²) in [5.41, 5.74) is 0. The quantitative estimate of drug-likeness (QED) is 0.393. The van der Waals surface area contributed by atoms with Crippen LogP contribution in [0.15, 0.2) is 0 Å². The molecule has 2 rings (SSSR count). The Labute approximate surface area is 184 Å². The van der Waals surface area contributed by atoms with Crippen LogP contribution >= 0.6 is 0 Å². The Kier molecular flexibility index (Phi) is 11.0. The van der Waals surface area contributed by atoms with Gasteiger partial charge in [0.2, 0.25) is 5.79 Å². The molecule has 2 fully saturated rings. The van der Waals surface area contributed by atoms with E-state index in [2.05, 4.69) is 0 Å². The third kappa shape index (κ3) is 5.56. The van der Waals surface area contributed by atoms with E-state index in [-0.39, 0.29) is 25.9 Å². The van der Waals surface area contributed by atoms with Gasteiger partial charge in [-0.25, -0.2) is 0 Å². The molecule has 9 atom stereocenters. The van der Waals surface area contributed by atoms with E-state index < -0.39 is 48.7 Å². The van der Waals surface area contributed by atoms with Crippen LogP contribution < -0.4 is 0 Å². The molecule has 11 nitrogen and oxygen atoms in total. The van der Waals surface area contributed by atoms with Crippen molar-refractivity contribution in [3.05, 3.63) is 0 Å². The molecule has 0 spiro atoms. The average Bonchev–Trinajstić information content (AvgIpc) is 2.79. The first kappa shape index (κ1) is 26.8. The van der Waals surface area contributed by atoms with Gasteiger partial charge >= 0.3 is 0 Å². The molecule has 2 saturated heterocycles. The molecule has 11 heteroatoms. The second-order valence-corrected chi connectivity index (χ2v) is 7.39.